The van der Waals surface area contributed by atoms with E-state index in [1.807, 2.05) is 0 Å². The van der Waals surface area contributed by atoms with Crippen LogP contribution < -0.4 is 9.64 Å². The molecule has 0 saturated heterocycles. The monoisotopic (exact) mass is 551 g/mol. The number of fused-ring (bicyclic) bond motifs is 3. The minimum atomic E-state index is -0.607. The molecule has 0 aliphatic carbocycles. The van der Waals surface area contributed by atoms with Gasteiger partial charge < -0.3 is 9.64 Å². The average Bonchev–Trinajstić information content (AvgIpc) is 3.08. The molecule has 1 heterocycles. The molecule has 204 valence electrons. The average molecular weight is 552 g/mol. The van der Waals surface area contributed by atoms with Gasteiger partial charge in [0.25, 0.3) is 0 Å². The molecule has 0 amide bonds. The van der Waals surface area contributed by atoms with Crippen molar-refractivity contribution >= 4 is 27.8 Å². The molecule has 7 aromatic rings. The predicted molar refractivity (Wildman–Crippen MR) is 177 cm³/mol. The summed E-state index contributed by atoms with van der Waals surface area (Å²) in [6.07, 6.45) is 0. The predicted octanol–water partition coefficient (Wildman–Crippen LogP) is 10.8. The first-order valence-electron chi connectivity index (χ1n) is 14.7. The van der Waals surface area contributed by atoms with Crippen LogP contribution in [-0.2, 0) is 5.41 Å². The van der Waals surface area contributed by atoms with Gasteiger partial charge >= 0.3 is 0 Å². The fraction of sp³-hybridized carbons (Fsp3) is 0.0244. The van der Waals surface area contributed by atoms with Crippen molar-refractivity contribution in [1.29, 1.82) is 0 Å². The smallest absolute Gasteiger partial charge is 0.156 e. The second kappa shape index (κ2) is 10.3. The Hall–Kier alpha value is -5.60. The van der Waals surface area contributed by atoms with Crippen LogP contribution in [0.3, 0.4) is 0 Å². The lowest BCUT2D eigenvalue weighted by Crippen LogP contribution is -2.34. The molecule has 0 fully saturated rings. The van der Waals surface area contributed by atoms with Gasteiger partial charge in [-0.3, -0.25) is 0 Å². The summed E-state index contributed by atoms with van der Waals surface area (Å²) in [4.78, 5) is 2.30. The Balaban J connectivity index is 1.51. The Morgan fingerprint density at radius 2 is 0.907 bits per heavy atom. The minimum absolute atomic E-state index is 0.607. The molecule has 7 aromatic carbocycles. The van der Waals surface area contributed by atoms with E-state index in [4.69, 9.17) is 4.74 Å². The number of para-hydroxylation sites is 3. The number of hydrogen-bond donors (Lipinski definition) is 0. The Bertz CT molecular complexity index is 1960. The lowest BCUT2D eigenvalue weighted by atomic mass is 9.63. The Morgan fingerprint density at radius 1 is 0.419 bits per heavy atom. The van der Waals surface area contributed by atoms with Gasteiger partial charge in [-0.1, -0.05) is 133 Å². The fourth-order valence-corrected chi connectivity index (χ4v) is 6.70. The molecule has 0 atom stereocenters. The first kappa shape index (κ1) is 25.1. The second-order valence-corrected chi connectivity index (χ2v) is 10.9. The van der Waals surface area contributed by atoms with Crippen molar-refractivity contribution in [2.24, 2.45) is 0 Å². The summed E-state index contributed by atoms with van der Waals surface area (Å²) < 4.78 is 7.10. The Morgan fingerprint density at radius 3 is 1.47 bits per heavy atom. The first-order valence-corrected chi connectivity index (χ1v) is 14.7. The van der Waals surface area contributed by atoms with Crippen LogP contribution in [0.5, 0.6) is 11.5 Å². The highest BCUT2D eigenvalue weighted by Gasteiger charge is 2.46. The van der Waals surface area contributed by atoms with E-state index >= 15 is 0 Å². The van der Waals surface area contributed by atoms with E-state index in [0.29, 0.717) is 0 Å². The van der Waals surface area contributed by atoms with Gasteiger partial charge in [-0.25, -0.2) is 0 Å². The van der Waals surface area contributed by atoms with Crippen molar-refractivity contribution in [3.8, 4) is 11.5 Å². The van der Waals surface area contributed by atoms with Crippen LogP contribution in [0.1, 0.15) is 22.3 Å². The Kier molecular flexibility index (Phi) is 6.05. The van der Waals surface area contributed by atoms with E-state index in [9.17, 15) is 0 Å². The summed E-state index contributed by atoms with van der Waals surface area (Å²) in [5, 5.41) is 2.34. The molecule has 2 nitrogen and oxygen atoms in total. The molecule has 1 aliphatic rings. The highest BCUT2D eigenvalue weighted by Crippen LogP contribution is 2.59. The van der Waals surface area contributed by atoms with Gasteiger partial charge in [-0.2, -0.15) is 0 Å². The zero-order valence-electron chi connectivity index (χ0n) is 23.6. The molecule has 43 heavy (non-hydrogen) atoms. The van der Waals surface area contributed by atoms with E-state index in [1.165, 1.54) is 16.5 Å². The maximum atomic E-state index is 7.10. The van der Waals surface area contributed by atoms with Crippen molar-refractivity contribution in [2.75, 3.05) is 4.90 Å². The van der Waals surface area contributed by atoms with Gasteiger partial charge in [0, 0.05) is 22.5 Å². The zero-order chi connectivity index (χ0) is 28.6. The van der Waals surface area contributed by atoms with E-state index in [0.717, 1.165) is 45.1 Å². The lowest BCUT2D eigenvalue weighted by Gasteiger charge is -2.43. The maximum absolute atomic E-state index is 7.10. The summed E-state index contributed by atoms with van der Waals surface area (Å²) in [6.45, 7) is 0. The standard InChI is InChI=1S/C41H29NO/c1-5-18-32(19-6-1)41(33-20-7-2-8-21-33)36-26-15-27-38(42(34-22-9-3-10-23-34)35-24-11-4-12-25-35)40(36)43-39-29-31-17-14-13-16-30(31)28-37(39)41/h1-29H. The molecule has 8 rings (SSSR count). The van der Waals surface area contributed by atoms with E-state index < -0.39 is 5.41 Å². The van der Waals surface area contributed by atoms with Crippen molar-refractivity contribution < 1.29 is 4.74 Å². The summed E-state index contributed by atoms with van der Waals surface area (Å²) >= 11 is 0. The minimum Gasteiger partial charge on any atom is -0.454 e. The highest BCUT2D eigenvalue weighted by molar-refractivity contribution is 5.90. The second-order valence-electron chi connectivity index (χ2n) is 10.9. The number of ether oxygens (including phenoxy) is 1. The van der Waals surface area contributed by atoms with E-state index in [1.54, 1.807) is 0 Å². The number of rotatable bonds is 5. The molecule has 0 spiro atoms. The van der Waals surface area contributed by atoms with Crippen LogP contribution in [0.25, 0.3) is 10.8 Å². The fourth-order valence-electron chi connectivity index (χ4n) is 6.70. The van der Waals surface area contributed by atoms with Crippen molar-refractivity contribution in [3.63, 3.8) is 0 Å². The van der Waals surface area contributed by atoms with Crippen LogP contribution in [0.15, 0.2) is 176 Å². The van der Waals surface area contributed by atoms with E-state index in [-0.39, 0.29) is 0 Å². The first-order chi connectivity index (χ1) is 21.3. The van der Waals surface area contributed by atoms with Gasteiger partial charge in [0.05, 0.1) is 11.1 Å². The summed E-state index contributed by atoms with van der Waals surface area (Å²) in [6, 6.07) is 62.5. The molecular formula is C41H29NO. The number of hydrogen-bond acceptors (Lipinski definition) is 2. The highest BCUT2D eigenvalue weighted by atomic mass is 16.5. The molecule has 0 saturated carbocycles. The molecule has 0 radical (unpaired) electrons. The third kappa shape index (κ3) is 4.03. The third-order valence-electron chi connectivity index (χ3n) is 8.55. The molecule has 0 N–H and O–H groups in total. The summed E-state index contributed by atoms with van der Waals surface area (Å²) in [5.41, 5.74) is 7.17. The third-order valence-corrected chi connectivity index (χ3v) is 8.55. The van der Waals surface area contributed by atoms with Crippen molar-refractivity contribution in [1.82, 2.24) is 0 Å². The molecule has 0 unspecified atom stereocenters. The largest absolute Gasteiger partial charge is 0.454 e. The van der Waals surface area contributed by atoms with Crippen LogP contribution in [0.2, 0.25) is 0 Å². The van der Waals surface area contributed by atoms with E-state index in [2.05, 4.69) is 181 Å². The van der Waals surface area contributed by atoms with Crippen LogP contribution >= 0.6 is 0 Å². The van der Waals surface area contributed by atoms with Crippen LogP contribution in [0, 0.1) is 0 Å². The number of benzene rings is 7. The van der Waals surface area contributed by atoms with Gasteiger partial charge in [0.1, 0.15) is 5.75 Å². The normalized spacial score (nSPS) is 13.0. The number of anilines is 3. The SMILES string of the molecule is c1ccc(N(c2ccccc2)c2cccc3c2Oc2cc4ccccc4cc2C3(c2ccccc2)c2ccccc2)cc1. The molecule has 0 bridgehead atoms. The van der Waals surface area contributed by atoms with Gasteiger partial charge in [-0.15, -0.1) is 0 Å². The molecule has 2 heteroatoms. The maximum Gasteiger partial charge on any atom is 0.156 e. The Labute approximate surface area is 252 Å². The summed E-state index contributed by atoms with van der Waals surface area (Å²) in [5.74, 6) is 1.72. The van der Waals surface area contributed by atoms with Crippen molar-refractivity contribution in [3.05, 3.63) is 198 Å². The van der Waals surface area contributed by atoms with Crippen molar-refractivity contribution in [2.45, 2.75) is 5.41 Å². The zero-order valence-corrected chi connectivity index (χ0v) is 23.6. The molecule has 1 aliphatic heterocycles. The van der Waals surface area contributed by atoms with Crippen LogP contribution in [-0.4, -0.2) is 0 Å². The summed E-state index contributed by atoms with van der Waals surface area (Å²) in [7, 11) is 0. The molecule has 0 aromatic heterocycles. The quantitative estimate of drug-likeness (QED) is 0.211. The molecular weight excluding hydrogens is 522 g/mol. The van der Waals surface area contributed by atoms with Crippen LogP contribution in [0.4, 0.5) is 17.1 Å². The number of nitrogens with zero attached hydrogens (tertiary/aromatic N) is 1. The van der Waals surface area contributed by atoms with Gasteiger partial charge in [-0.05, 0) is 64.4 Å². The van der Waals surface area contributed by atoms with Gasteiger partial charge in [0.2, 0.25) is 0 Å². The lowest BCUT2D eigenvalue weighted by molar-refractivity contribution is 0.436. The topological polar surface area (TPSA) is 12.5 Å². The van der Waals surface area contributed by atoms with Gasteiger partial charge in [0.15, 0.2) is 5.75 Å².